The second-order valence-corrected chi connectivity index (χ2v) is 7.56. The van der Waals surface area contributed by atoms with Crippen molar-refractivity contribution in [3.8, 4) is 0 Å². The summed E-state index contributed by atoms with van der Waals surface area (Å²) in [6.45, 7) is 1.80. The van der Waals surface area contributed by atoms with Crippen molar-refractivity contribution in [2.45, 2.75) is 44.4 Å². The second-order valence-electron chi connectivity index (χ2n) is 7.56. The molecule has 2 N–H and O–H groups in total. The van der Waals surface area contributed by atoms with Crippen molar-refractivity contribution < 1.29 is 23.8 Å². The zero-order valence-corrected chi connectivity index (χ0v) is 15.8. The molecule has 1 fully saturated rings. The van der Waals surface area contributed by atoms with Crippen molar-refractivity contribution in [1.82, 2.24) is 10.2 Å². The van der Waals surface area contributed by atoms with Gasteiger partial charge in [0.1, 0.15) is 17.9 Å². The van der Waals surface area contributed by atoms with Gasteiger partial charge in [-0.15, -0.1) is 0 Å². The molecule has 7 heteroatoms. The van der Waals surface area contributed by atoms with Gasteiger partial charge in [-0.05, 0) is 55.0 Å². The molecule has 2 aromatic rings. The number of benzene rings is 1. The Labute approximate surface area is 163 Å². The zero-order valence-electron chi connectivity index (χ0n) is 15.8. The number of aliphatic hydroxyl groups excluding tert-OH is 1. The van der Waals surface area contributed by atoms with Crippen LogP contribution in [0.15, 0.2) is 41.0 Å². The Hall–Kier alpha value is -2.64. The number of aliphatic hydroxyl groups is 1. The SMILES string of the molecule is C[C@]1(c2ccc3c(c2)CCC3)NC(=O)N(C[C@H](O)COCc2ccco2)C1=O. The molecule has 1 saturated heterocycles. The fourth-order valence-electron chi connectivity index (χ4n) is 3.89. The number of nitrogens with one attached hydrogen (secondary N) is 1. The van der Waals surface area contributed by atoms with Crippen LogP contribution in [0.5, 0.6) is 0 Å². The van der Waals surface area contributed by atoms with E-state index in [1.54, 1.807) is 25.3 Å². The summed E-state index contributed by atoms with van der Waals surface area (Å²) >= 11 is 0. The predicted octanol–water partition coefficient (Wildman–Crippen LogP) is 2.11. The van der Waals surface area contributed by atoms with Crippen LogP contribution in [0.4, 0.5) is 4.79 Å². The number of β-amino-alcohol motifs (C(OH)–C–C–N with tert-alkyl or cyclic N) is 1. The number of hydrogen-bond acceptors (Lipinski definition) is 5. The van der Waals surface area contributed by atoms with E-state index in [1.807, 2.05) is 18.2 Å². The minimum atomic E-state index is -1.12. The fraction of sp³-hybridized carbons (Fsp3) is 0.429. The minimum absolute atomic E-state index is 0.00663. The topological polar surface area (TPSA) is 92.0 Å². The minimum Gasteiger partial charge on any atom is -0.467 e. The summed E-state index contributed by atoms with van der Waals surface area (Å²) in [5, 5.41) is 13.0. The standard InChI is InChI=1S/C21H24N2O5/c1-21(16-8-7-14-4-2-5-15(14)10-16)19(25)23(20(26)22-21)11-17(24)12-27-13-18-6-3-9-28-18/h3,6-10,17,24H,2,4-5,11-13H2,1H3,(H,22,26)/t17-,21+/m0/s1. The van der Waals surface area contributed by atoms with E-state index < -0.39 is 17.7 Å². The number of nitrogens with zero attached hydrogens (tertiary/aromatic N) is 1. The lowest BCUT2D eigenvalue weighted by atomic mass is 9.89. The van der Waals surface area contributed by atoms with Crippen LogP contribution in [0.1, 0.15) is 35.8 Å². The molecule has 2 aliphatic rings. The Bertz CT molecular complexity index is 879. The van der Waals surface area contributed by atoms with Crippen molar-refractivity contribution in [1.29, 1.82) is 0 Å². The van der Waals surface area contributed by atoms with Crippen molar-refractivity contribution >= 4 is 11.9 Å². The molecule has 1 aliphatic heterocycles. The molecule has 1 aliphatic carbocycles. The van der Waals surface area contributed by atoms with Gasteiger partial charge in [-0.1, -0.05) is 18.2 Å². The molecule has 4 rings (SSSR count). The van der Waals surface area contributed by atoms with Gasteiger partial charge in [-0.2, -0.15) is 0 Å². The molecule has 0 bridgehead atoms. The van der Waals surface area contributed by atoms with Gasteiger partial charge in [0.05, 0.1) is 25.5 Å². The van der Waals surface area contributed by atoms with Crippen LogP contribution in [0.2, 0.25) is 0 Å². The first kappa shape index (κ1) is 18.7. The lowest BCUT2D eigenvalue weighted by Gasteiger charge is -2.23. The van der Waals surface area contributed by atoms with E-state index >= 15 is 0 Å². The molecular formula is C21H24N2O5. The van der Waals surface area contributed by atoms with E-state index in [1.165, 1.54) is 11.1 Å². The average Bonchev–Trinajstić information content (AvgIpc) is 3.39. The summed E-state index contributed by atoms with van der Waals surface area (Å²) in [6, 6.07) is 9.00. The number of carbonyl (C=O) groups is 2. The molecule has 0 spiro atoms. The molecule has 1 aromatic heterocycles. The van der Waals surface area contributed by atoms with Gasteiger partial charge in [-0.25, -0.2) is 4.79 Å². The number of carbonyl (C=O) groups excluding carboxylic acids is 2. The average molecular weight is 384 g/mol. The number of ether oxygens (including phenoxy) is 1. The highest BCUT2D eigenvalue weighted by Gasteiger charge is 2.49. The largest absolute Gasteiger partial charge is 0.467 e. The Balaban J connectivity index is 1.40. The summed E-state index contributed by atoms with van der Waals surface area (Å²) < 4.78 is 10.5. The van der Waals surface area contributed by atoms with Gasteiger partial charge in [-0.3, -0.25) is 9.69 Å². The van der Waals surface area contributed by atoms with Crippen LogP contribution in [0, 0.1) is 0 Å². The van der Waals surface area contributed by atoms with Crippen LogP contribution < -0.4 is 5.32 Å². The fourth-order valence-corrected chi connectivity index (χ4v) is 3.89. The monoisotopic (exact) mass is 384 g/mol. The van der Waals surface area contributed by atoms with Gasteiger partial charge >= 0.3 is 6.03 Å². The number of rotatable bonds is 7. The molecule has 1 aromatic carbocycles. The van der Waals surface area contributed by atoms with Crippen molar-refractivity contribution in [2.24, 2.45) is 0 Å². The first-order valence-corrected chi connectivity index (χ1v) is 9.52. The van der Waals surface area contributed by atoms with E-state index in [4.69, 9.17) is 9.15 Å². The molecule has 2 heterocycles. The van der Waals surface area contributed by atoms with E-state index in [2.05, 4.69) is 5.32 Å². The molecule has 2 atom stereocenters. The Kier molecular flexibility index (Phi) is 4.95. The molecule has 7 nitrogen and oxygen atoms in total. The Morgan fingerprint density at radius 2 is 2.11 bits per heavy atom. The summed E-state index contributed by atoms with van der Waals surface area (Å²) in [5.41, 5.74) is 2.21. The normalized spacial score (nSPS) is 22.4. The highest BCUT2D eigenvalue weighted by molar-refractivity contribution is 6.07. The maximum Gasteiger partial charge on any atom is 0.325 e. The van der Waals surface area contributed by atoms with Crippen LogP contribution in [-0.2, 0) is 34.5 Å². The third kappa shape index (κ3) is 3.43. The first-order chi connectivity index (χ1) is 13.5. The lowest BCUT2D eigenvalue weighted by Crippen LogP contribution is -2.42. The smallest absolute Gasteiger partial charge is 0.325 e. The Morgan fingerprint density at radius 3 is 2.89 bits per heavy atom. The van der Waals surface area contributed by atoms with Crippen molar-refractivity contribution in [3.63, 3.8) is 0 Å². The molecule has 28 heavy (non-hydrogen) atoms. The van der Waals surface area contributed by atoms with E-state index in [0.29, 0.717) is 5.76 Å². The van der Waals surface area contributed by atoms with Gasteiger partial charge in [0.25, 0.3) is 5.91 Å². The molecular weight excluding hydrogens is 360 g/mol. The number of furan rings is 1. The molecule has 148 valence electrons. The quantitative estimate of drug-likeness (QED) is 0.714. The van der Waals surface area contributed by atoms with E-state index in [9.17, 15) is 14.7 Å². The maximum absolute atomic E-state index is 13.0. The van der Waals surface area contributed by atoms with E-state index in [0.717, 1.165) is 29.7 Å². The summed E-state index contributed by atoms with van der Waals surface area (Å²) in [7, 11) is 0. The van der Waals surface area contributed by atoms with Gasteiger partial charge in [0.15, 0.2) is 0 Å². The predicted molar refractivity (Wildman–Crippen MR) is 100 cm³/mol. The van der Waals surface area contributed by atoms with Crippen LogP contribution in [0.3, 0.4) is 0 Å². The Morgan fingerprint density at radius 1 is 1.29 bits per heavy atom. The second kappa shape index (κ2) is 7.41. The number of urea groups is 1. The molecule has 0 unspecified atom stereocenters. The number of amides is 3. The lowest BCUT2D eigenvalue weighted by molar-refractivity contribution is -0.132. The van der Waals surface area contributed by atoms with E-state index in [-0.39, 0.29) is 25.7 Å². The highest BCUT2D eigenvalue weighted by Crippen LogP contribution is 2.32. The summed E-state index contributed by atoms with van der Waals surface area (Å²) in [4.78, 5) is 26.5. The van der Waals surface area contributed by atoms with Crippen LogP contribution in [0.25, 0.3) is 0 Å². The van der Waals surface area contributed by atoms with Gasteiger partial charge in [0.2, 0.25) is 0 Å². The summed E-state index contributed by atoms with van der Waals surface area (Å²) in [6.07, 6.45) is 3.74. The third-order valence-electron chi connectivity index (χ3n) is 5.48. The number of imide groups is 1. The molecule has 0 saturated carbocycles. The first-order valence-electron chi connectivity index (χ1n) is 9.52. The zero-order chi connectivity index (χ0) is 19.7. The highest BCUT2D eigenvalue weighted by atomic mass is 16.5. The summed E-state index contributed by atoms with van der Waals surface area (Å²) in [5.74, 6) is 0.284. The third-order valence-corrected chi connectivity index (χ3v) is 5.48. The van der Waals surface area contributed by atoms with Crippen LogP contribution in [-0.4, -0.2) is 41.2 Å². The van der Waals surface area contributed by atoms with Gasteiger partial charge < -0.3 is 19.6 Å². The molecule has 3 amide bonds. The number of aryl methyl sites for hydroxylation is 2. The molecule has 0 radical (unpaired) electrons. The number of fused-ring (bicyclic) bond motifs is 1. The van der Waals surface area contributed by atoms with Gasteiger partial charge in [0, 0.05) is 0 Å². The van der Waals surface area contributed by atoms with Crippen molar-refractivity contribution in [2.75, 3.05) is 13.2 Å². The van der Waals surface area contributed by atoms with Crippen LogP contribution >= 0.6 is 0 Å². The maximum atomic E-state index is 13.0. The van der Waals surface area contributed by atoms with Crippen molar-refractivity contribution in [3.05, 3.63) is 59.0 Å². The number of hydrogen-bond donors (Lipinski definition) is 2.